The summed E-state index contributed by atoms with van der Waals surface area (Å²) in [6, 6.07) is 14.1. The number of hydrogen-bond acceptors (Lipinski definition) is 7. The Balaban J connectivity index is 1.26. The summed E-state index contributed by atoms with van der Waals surface area (Å²) in [5, 5.41) is 7.59. The summed E-state index contributed by atoms with van der Waals surface area (Å²) in [5.41, 5.74) is 6.03. The van der Waals surface area contributed by atoms with Crippen molar-refractivity contribution in [2.24, 2.45) is 0 Å². The Labute approximate surface area is 270 Å². The fourth-order valence-electron chi connectivity index (χ4n) is 6.76. The molecule has 1 unspecified atom stereocenters. The summed E-state index contributed by atoms with van der Waals surface area (Å²) in [7, 11) is 1.66. The number of carbonyl (C=O) groups excluding carboxylic acids is 1. The second kappa shape index (κ2) is 12.5. The normalized spacial score (nSPS) is 18.2. The Morgan fingerprint density at radius 1 is 1.13 bits per heavy atom. The number of aromatic nitrogens is 3. The molecule has 3 fully saturated rings. The first kappa shape index (κ1) is 29.9. The van der Waals surface area contributed by atoms with E-state index in [4.69, 9.17) is 9.72 Å². The molecular formula is C37H41N7O2. The van der Waals surface area contributed by atoms with Crippen LogP contribution >= 0.6 is 0 Å². The third-order valence-corrected chi connectivity index (χ3v) is 9.35. The van der Waals surface area contributed by atoms with E-state index < -0.39 is 0 Å². The minimum absolute atomic E-state index is 0.269. The number of carbonyl (C=O) groups is 1. The first-order valence-corrected chi connectivity index (χ1v) is 16.3. The Morgan fingerprint density at radius 3 is 2.65 bits per heavy atom. The SMILES string of the molecule is C=CC(=O)Nc1cc(Nc2ncc(C#CC)c(-c3cn(C4CC4)c4ccccc34)n2)c(OC)cc1N1CCN(C2CC2)C(CC)C1. The summed E-state index contributed by atoms with van der Waals surface area (Å²) in [6.07, 6.45) is 11.3. The third kappa shape index (κ3) is 5.81. The smallest absolute Gasteiger partial charge is 0.247 e. The summed E-state index contributed by atoms with van der Waals surface area (Å²) in [5.74, 6) is 7.01. The van der Waals surface area contributed by atoms with Crippen LogP contribution in [-0.2, 0) is 4.79 Å². The van der Waals surface area contributed by atoms with E-state index in [1.807, 2.05) is 19.1 Å². The molecular weight excluding hydrogens is 574 g/mol. The van der Waals surface area contributed by atoms with Gasteiger partial charge in [0, 0.05) is 72.7 Å². The Morgan fingerprint density at radius 2 is 1.93 bits per heavy atom. The van der Waals surface area contributed by atoms with E-state index in [1.54, 1.807) is 13.3 Å². The first-order valence-electron chi connectivity index (χ1n) is 16.3. The zero-order valence-electron chi connectivity index (χ0n) is 26.8. The number of para-hydroxylation sites is 1. The van der Waals surface area contributed by atoms with Crippen LogP contribution in [0.5, 0.6) is 5.75 Å². The number of hydrogen-bond donors (Lipinski definition) is 2. The number of rotatable bonds is 10. The second-order valence-corrected chi connectivity index (χ2v) is 12.4. The molecule has 1 amide bonds. The molecule has 2 aromatic carbocycles. The van der Waals surface area contributed by atoms with Gasteiger partial charge < -0.3 is 24.8 Å². The van der Waals surface area contributed by atoms with Gasteiger partial charge in [0.25, 0.3) is 0 Å². The van der Waals surface area contributed by atoms with E-state index in [0.717, 1.165) is 60.0 Å². The van der Waals surface area contributed by atoms with E-state index in [2.05, 4.69) is 85.8 Å². The number of nitrogens with zero attached hydrogens (tertiary/aromatic N) is 5. The largest absolute Gasteiger partial charge is 0.494 e. The lowest BCUT2D eigenvalue weighted by atomic mass is 10.1. The van der Waals surface area contributed by atoms with Crippen molar-refractivity contribution >= 4 is 39.8 Å². The van der Waals surface area contributed by atoms with Crippen LogP contribution in [0, 0.1) is 11.8 Å². The van der Waals surface area contributed by atoms with Gasteiger partial charge in [0.2, 0.25) is 11.9 Å². The van der Waals surface area contributed by atoms with Crippen LogP contribution in [-0.4, -0.2) is 64.2 Å². The van der Waals surface area contributed by atoms with E-state index >= 15 is 0 Å². The monoisotopic (exact) mass is 615 g/mol. The third-order valence-electron chi connectivity index (χ3n) is 9.35. The molecule has 1 saturated heterocycles. The highest BCUT2D eigenvalue weighted by atomic mass is 16.5. The van der Waals surface area contributed by atoms with Crippen molar-refractivity contribution in [3.63, 3.8) is 0 Å². The van der Waals surface area contributed by atoms with Crippen LogP contribution < -0.4 is 20.3 Å². The lowest BCUT2D eigenvalue weighted by molar-refractivity contribution is -0.111. The number of nitrogens with one attached hydrogen (secondary N) is 2. The molecule has 9 heteroatoms. The molecule has 2 N–H and O–H groups in total. The summed E-state index contributed by atoms with van der Waals surface area (Å²) in [6.45, 7) is 10.5. The van der Waals surface area contributed by atoms with Gasteiger partial charge in [-0.2, -0.15) is 0 Å². The zero-order chi connectivity index (χ0) is 31.8. The van der Waals surface area contributed by atoms with Gasteiger partial charge in [0.1, 0.15) is 5.75 Å². The van der Waals surface area contributed by atoms with Crippen molar-refractivity contribution < 1.29 is 9.53 Å². The van der Waals surface area contributed by atoms with E-state index in [9.17, 15) is 4.79 Å². The van der Waals surface area contributed by atoms with Crippen molar-refractivity contribution in [1.29, 1.82) is 0 Å². The van der Waals surface area contributed by atoms with E-state index in [0.29, 0.717) is 35.2 Å². The summed E-state index contributed by atoms with van der Waals surface area (Å²) in [4.78, 5) is 27.3. The molecule has 0 radical (unpaired) electrons. The quantitative estimate of drug-likeness (QED) is 0.151. The van der Waals surface area contributed by atoms with Gasteiger partial charge in [0.15, 0.2) is 0 Å². The number of amides is 1. The number of fused-ring (bicyclic) bond motifs is 1. The molecule has 9 nitrogen and oxygen atoms in total. The summed E-state index contributed by atoms with van der Waals surface area (Å²) >= 11 is 0. The molecule has 0 spiro atoms. The van der Waals surface area contributed by atoms with Crippen LogP contribution in [0.2, 0.25) is 0 Å². The lowest BCUT2D eigenvalue weighted by Gasteiger charge is -2.43. The molecule has 3 aliphatic rings. The van der Waals surface area contributed by atoms with Crippen molar-refractivity contribution in [2.45, 2.75) is 64.1 Å². The molecule has 2 aliphatic carbocycles. The van der Waals surface area contributed by atoms with Crippen LogP contribution in [0.1, 0.15) is 57.6 Å². The highest BCUT2D eigenvalue weighted by Gasteiger charge is 2.37. The molecule has 46 heavy (non-hydrogen) atoms. The number of piperazine rings is 1. The predicted molar refractivity (Wildman–Crippen MR) is 185 cm³/mol. The second-order valence-electron chi connectivity index (χ2n) is 12.4. The minimum atomic E-state index is -0.269. The molecule has 1 atom stereocenters. The van der Waals surface area contributed by atoms with Gasteiger partial charge in [0.05, 0.1) is 35.4 Å². The van der Waals surface area contributed by atoms with Crippen LogP contribution in [0.3, 0.4) is 0 Å². The van der Waals surface area contributed by atoms with Crippen molar-refractivity contribution in [3.8, 4) is 28.8 Å². The van der Waals surface area contributed by atoms with Gasteiger partial charge in [-0.05, 0) is 57.2 Å². The number of ether oxygens (including phenoxy) is 1. The molecule has 4 aromatic rings. The van der Waals surface area contributed by atoms with Crippen molar-refractivity contribution in [2.75, 3.05) is 42.3 Å². The van der Waals surface area contributed by atoms with Crippen molar-refractivity contribution in [1.82, 2.24) is 19.4 Å². The topological polar surface area (TPSA) is 87.5 Å². The van der Waals surface area contributed by atoms with E-state index in [-0.39, 0.29) is 5.91 Å². The average Bonchev–Trinajstić information content (AvgIpc) is 4.03. The molecule has 2 aromatic heterocycles. The van der Waals surface area contributed by atoms with Crippen LogP contribution in [0.15, 0.2) is 61.4 Å². The molecule has 0 bridgehead atoms. The van der Waals surface area contributed by atoms with Gasteiger partial charge in [-0.25, -0.2) is 9.97 Å². The number of anilines is 4. The van der Waals surface area contributed by atoms with Crippen LogP contribution in [0.25, 0.3) is 22.2 Å². The fraction of sp³-hybridized carbons (Fsp3) is 0.378. The molecule has 3 heterocycles. The van der Waals surface area contributed by atoms with Gasteiger partial charge in [-0.1, -0.05) is 37.6 Å². The summed E-state index contributed by atoms with van der Waals surface area (Å²) < 4.78 is 8.28. The molecule has 7 rings (SSSR count). The van der Waals surface area contributed by atoms with Gasteiger partial charge >= 0.3 is 0 Å². The fourth-order valence-corrected chi connectivity index (χ4v) is 6.76. The highest BCUT2D eigenvalue weighted by Crippen LogP contribution is 2.43. The lowest BCUT2D eigenvalue weighted by Crippen LogP contribution is -2.53. The molecule has 236 valence electrons. The maximum Gasteiger partial charge on any atom is 0.247 e. The molecule has 2 saturated carbocycles. The highest BCUT2D eigenvalue weighted by molar-refractivity contribution is 6.02. The minimum Gasteiger partial charge on any atom is -0.494 e. The van der Waals surface area contributed by atoms with Gasteiger partial charge in [-0.3, -0.25) is 9.69 Å². The Bertz CT molecular complexity index is 1860. The average molecular weight is 616 g/mol. The standard InChI is InChI=1S/C37H41N7O2/c1-5-10-24-21-38-37(41-36(24)29-23-44(27-15-16-27)32-12-9-8-11-28(29)32)40-31-19-30(39-35(45)7-3)33(20-34(31)46-4)42-17-18-43(26-13-14-26)25(6-2)22-42/h7-9,11-12,19-21,23,25-27H,3,6,13-18,22H2,1-2,4H3,(H,39,45)(H,38,40,41). The number of benzene rings is 2. The zero-order valence-corrected chi connectivity index (χ0v) is 26.8. The van der Waals surface area contributed by atoms with E-state index in [1.165, 1.54) is 37.3 Å². The first-order chi connectivity index (χ1) is 22.5. The predicted octanol–water partition coefficient (Wildman–Crippen LogP) is 6.74. The van der Waals surface area contributed by atoms with Crippen molar-refractivity contribution in [3.05, 3.63) is 67.0 Å². The maximum absolute atomic E-state index is 12.6. The molecule has 1 aliphatic heterocycles. The number of methoxy groups -OCH3 is 1. The Kier molecular flexibility index (Phi) is 8.14. The van der Waals surface area contributed by atoms with Gasteiger partial charge in [-0.15, -0.1) is 5.92 Å². The van der Waals surface area contributed by atoms with Crippen LogP contribution in [0.4, 0.5) is 23.0 Å². The Hall–Kier alpha value is -4.81. The maximum atomic E-state index is 12.6.